The molecule has 4 rings (SSSR count). The van der Waals surface area contributed by atoms with Crippen LogP contribution in [0.4, 0.5) is 5.82 Å². The van der Waals surface area contributed by atoms with Crippen LogP contribution in [0.15, 0.2) is 35.5 Å². The van der Waals surface area contributed by atoms with Crippen molar-refractivity contribution in [1.29, 1.82) is 0 Å². The summed E-state index contributed by atoms with van der Waals surface area (Å²) in [6.45, 7) is 3.83. The first-order chi connectivity index (χ1) is 14.9. The van der Waals surface area contributed by atoms with Crippen molar-refractivity contribution in [3.05, 3.63) is 46.1 Å². The highest BCUT2D eigenvalue weighted by Gasteiger charge is 2.29. The monoisotopic (exact) mass is 479 g/mol. The van der Waals surface area contributed by atoms with Gasteiger partial charge in [-0.3, -0.25) is 9.59 Å². The molecule has 10 heteroatoms. The van der Waals surface area contributed by atoms with Gasteiger partial charge in [0.05, 0.1) is 5.75 Å². The molecule has 1 aliphatic heterocycles. The minimum atomic E-state index is -0.0134. The van der Waals surface area contributed by atoms with E-state index in [0.717, 1.165) is 12.8 Å². The van der Waals surface area contributed by atoms with E-state index in [1.807, 2.05) is 11.8 Å². The fraction of sp³-hybridized carbons (Fsp3) is 0.429. The Bertz CT molecular complexity index is 971. The highest BCUT2D eigenvalue weighted by Crippen LogP contribution is 2.25. The third-order valence-corrected chi connectivity index (χ3v) is 6.53. The van der Waals surface area contributed by atoms with Crippen LogP contribution in [0.25, 0.3) is 0 Å². The van der Waals surface area contributed by atoms with Gasteiger partial charge >= 0.3 is 0 Å². The fourth-order valence-corrected chi connectivity index (χ4v) is 4.48. The van der Waals surface area contributed by atoms with Gasteiger partial charge in [-0.05, 0) is 44.0 Å². The standard InChI is InChI=1S/C21H23Cl2N5O2S/c1-13-11-27(8-9-28(13)20(30)14-2-4-15(22)5-3-14)18-10-17(23)25-21(26-18)31-12-19(29)24-16-6-7-16/h2-5,10,13,16H,6-9,11-12H2,1H3,(H,24,29). The van der Waals surface area contributed by atoms with Gasteiger partial charge in [0, 0.05) is 48.4 Å². The number of halogens is 2. The van der Waals surface area contributed by atoms with E-state index in [0.29, 0.717) is 52.4 Å². The summed E-state index contributed by atoms with van der Waals surface area (Å²) in [6, 6.07) is 8.99. The molecule has 164 valence electrons. The average molecular weight is 480 g/mol. The van der Waals surface area contributed by atoms with E-state index in [4.69, 9.17) is 23.2 Å². The number of amides is 2. The normalized spacial score (nSPS) is 18.7. The Morgan fingerprint density at radius 2 is 1.90 bits per heavy atom. The summed E-state index contributed by atoms with van der Waals surface area (Å²) in [6.07, 6.45) is 2.11. The molecule has 0 spiro atoms. The van der Waals surface area contributed by atoms with Gasteiger partial charge in [-0.2, -0.15) is 0 Å². The molecule has 31 heavy (non-hydrogen) atoms. The molecule has 2 heterocycles. The van der Waals surface area contributed by atoms with Gasteiger partial charge in [0.25, 0.3) is 5.91 Å². The molecule has 1 N–H and O–H groups in total. The molecule has 7 nitrogen and oxygen atoms in total. The van der Waals surface area contributed by atoms with E-state index < -0.39 is 0 Å². The maximum absolute atomic E-state index is 12.9. The molecule has 2 aliphatic rings. The summed E-state index contributed by atoms with van der Waals surface area (Å²) in [5, 5.41) is 4.36. The molecule has 2 fully saturated rings. The highest BCUT2D eigenvalue weighted by atomic mass is 35.5. The second kappa shape index (κ2) is 9.63. The van der Waals surface area contributed by atoms with Gasteiger partial charge in [0.2, 0.25) is 5.91 Å². The van der Waals surface area contributed by atoms with Crippen LogP contribution in [0.2, 0.25) is 10.2 Å². The van der Waals surface area contributed by atoms with Crippen LogP contribution < -0.4 is 10.2 Å². The molecule has 2 aromatic rings. The summed E-state index contributed by atoms with van der Waals surface area (Å²) < 4.78 is 0. The van der Waals surface area contributed by atoms with E-state index in [9.17, 15) is 9.59 Å². The largest absolute Gasteiger partial charge is 0.353 e. The lowest BCUT2D eigenvalue weighted by Gasteiger charge is -2.40. The molecule has 1 aromatic carbocycles. The van der Waals surface area contributed by atoms with Gasteiger partial charge in [0.15, 0.2) is 5.16 Å². The Hall–Kier alpha value is -2.03. The predicted molar refractivity (Wildman–Crippen MR) is 123 cm³/mol. The van der Waals surface area contributed by atoms with Crippen LogP contribution in [0.1, 0.15) is 30.1 Å². The minimum Gasteiger partial charge on any atom is -0.353 e. The molecule has 1 saturated carbocycles. The Balaban J connectivity index is 1.38. The highest BCUT2D eigenvalue weighted by molar-refractivity contribution is 7.99. The number of carbonyl (C=O) groups excluding carboxylic acids is 2. The van der Waals surface area contributed by atoms with Crippen molar-refractivity contribution < 1.29 is 9.59 Å². The summed E-state index contributed by atoms with van der Waals surface area (Å²) in [7, 11) is 0. The van der Waals surface area contributed by atoms with Crippen molar-refractivity contribution in [1.82, 2.24) is 20.2 Å². The summed E-state index contributed by atoms with van der Waals surface area (Å²) in [5.74, 6) is 0.939. The zero-order valence-corrected chi connectivity index (χ0v) is 19.4. The quantitative estimate of drug-likeness (QED) is 0.388. The molecule has 1 saturated heterocycles. The maximum Gasteiger partial charge on any atom is 0.254 e. The lowest BCUT2D eigenvalue weighted by molar-refractivity contribution is -0.118. The van der Waals surface area contributed by atoms with E-state index in [2.05, 4.69) is 20.2 Å². The van der Waals surface area contributed by atoms with Crippen LogP contribution in [-0.4, -0.2) is 64.2 Å². The number of hydrogen-bond donors (Lipinski definition) is 1. The molecular formula is C21H23Cl2N5O2S. The van der Waals surface area contributed by atoms with Crippen LogP contribution in [0, 0.1) is 0 Å². The van der Waals surface area contributed by atoms with Crippen molar-refractivity contribution in [3.8, 4) is 0 Å². The fourth-order valence-electron chi connectivity index (χ4n) is 3.46. The summed E-state index contributed by atoms with van der Waals surface area (Å²) in [4.78, 5) is 37.6. The number of benzene rings is 1. The lowest BCUT2D eigenvalue weighted by Crippen LogP contribution is -2.54. The molecule has 0 bridgehead atoms. The van der Waals surface area contributed by atoms with Crippen LogP contribution in [0.3, 0.4) is 0 Å². The number of nitrogens with one attached hydrogen (secondary N) is 1. The van der Waals surface area contributed by atoms with Crippen LogP contribution >= 0.6 is 35.0 Å². The maximum atomic E-state index is 12.9. The number of carbonyl (C=O) groups is 2. The molecule has 0 radical (unpaired) electrons. The number of piperazine rings is 1. The molecule has 2 amide bonds. The smallest absolute Gasteiger partial charge is 0.254 e. The Morgan fingerprint density at radius 3 is 2.58 bits per heavy atom. The molecule has 1 unspecified atom stereocenters. The number of rotatable bonds is 6. The number of thioether (sulfide) groups is 1. The number of nitrogens with zero attached hydrogens (tertiary/aromatic N) is 4. The van der Waals surface area contributed by atoms with Crippen molar-refractivity contribution >= 4 is 52.6 Å². The minimum absolute atomic E-state index is 0.00825. The number of anilines is 1. The molecule has 1 aliphatic carbocycles. The number of hydrogen-bond acceptors (Lipinski definition) is 6. The average Bonchev–Trinajstić information content (AvgIpc) is 3.56. The Labute approximate surface area is 195 Å². The van der Waals surface area contributed by atoms with Gasteiger partial charge in [-0.1, -0.05) is 35.0 Å². The Morgan fingerprint density at radius 1 is 1.16 bits per heavy atom. The topological polar surface area (TPSA) is 78.4 Å². The second-order valence-corrected chi connectivity index (χ2v) is 9.53. The van der Waals surface area contributed by atoms with E-state index in [-0.39, 0.29) is 23.6 Å². The second-order valence-electron chi connectivity index (χ2n) is 7.76. The third kappa shape index (κ3) is 5.81. The zero-order chi connectivity index (χ0) is 22.0. The van der Waals surface area contributed by atoms with Gasteiger partial charge < -0.3 is 15.1 Å². The summed E-state index contributed by atoms with van der Waals surface area (Å²) in [5.41, 5.74) is 0.623. The van der Waals surface area contributed by atoms with Gasteiger partial charge in [-0.25, -0.2) is 9.97 Å². The van der Waals surface area contributed by atoms with Crippen molar-refractivity contribution in [3.63, 3.8) is 0 Å². The number of aromatic nitrogens is 2. The Kier molecular flexibility index (Phi) is 6.89. The zero-order valence-electron chi connectivity index (χ0n) is 17.1. The van der Waals surface area contributed by atoms with E-state index in [1.54, 1.807) is 30.3 Å². The van der Waals surface area contributed by atoms with Crippen molar-refractivity contribution in [2.75, 3.05) is 30.3 Å². The molecule has 1 atom stereocenters. The van der Waals surface area contributed by atoms with Crippen LogP contribution in [0.5, 0.6) is 0 Å². The SMILES string of the molecule is CC1CN(c2cc(Cl)nc(SCC(=O)NC3CC3)n2)CCN1C(=O)c1ccc(Cl)cc1. The van der Waals surface area contributed by atoms with Crippen LogP contribution in [-0.2, 0) is 4.79 Å². The molecular weight excluding hydrogens is 457 g/mol. The predicted octanol–water partition coefficient (Wildman–Crippen LogP) is 3.51. The first kappa shape index (κ1) is 22.2. The van der Waals surface area contributed by atoms with Crippen molar-refractivity contribution in [2.24, 2.45) is 0 Å². The first-order valence-corrected chi connectivity index (χ1v) is 11.9. The first-order valence-electron chi connectivity index (χ1n) is 10.2. The van der Waals surface area contributed by atoms with E-state index >= 15 is 0 Å². The third-order valence-electron chi connectivity index (χ3n) is 5.24. The molecule has 1 aromatic heterocycles. The van der Waals surface area contributed by atoms with Gasteiger partial charge in [-0.15, -0.1) is 0 Å². The van der Waals surface area contributed by atoms with E-state index in [1.165, 1.54) is 11.8 Å². The summed E-state index contributed by atoms with van der Waals surface area (Å²) >= 11 is 13.4. The van der Waals surface area contributed by atoms with Gasteiger partial charge in [0.1, 0.15) is 11.0 Å². The van der Waals surface area contributed by atoms with Crippen molar-refractivity contribution in [2.45, 2.75) is 37.0 Å². The lowest BCUT2D eigenvalue weighted by atomic mass is 10.1.